The first-order valence-electron chi connectivity index (χ1n) is 10.0. The average Bonchev–Trinajstić information content (AvgIpc) is 2.77. The summed E-state index contributed by atoms with van der Waals surface area (Å²) in [5.74, 6) is 1.44. The van der Waals surface area contributed by atoms with Crippen molar-refractivity contribution in [2.45, 2.75) is 37.6 Å². The van der Waals surface area contributed by atoms with E-state index in [1.165, 1.54) is 24.3 Å². The normalized spacial score (nSPS) is 12.1. The third kappa shape index (κ3) is 7.45. The summed E-state index contributed by atoms with van der Waals surface area (Å²) in [5.41, 5.74) is 1.00. The van der Waals surface area contributed by atoms with Gasteiger partial charge in [0, 0.05) is 12.6 Å². The molecule has 1 atom stereocenters. The summed E-state index contributed by atoms with van der Waals surface area (Å²) in [6, 6.07) is 11.4. The van der Waals surface area contributed by atoms with Gasteiger partial charge in [0.25, 0.3) is 5.91 Å². The van der Waals surface area contributed by atoms with Crippen LogP contribution in [0.3, 0.4) is 0 Å². The predicted octanol–water partition coefficient (Wildman–Crippen LogP) is 2.52. The molecule has 1 amide bonds. The third-order valence-corrected chi connectivity index (χ3v) is 6.26. The molecule has 2 rings (SSSR count). The second-order valence-corrected chi connectivity index (χ2v) is 8.69. The fourth-order valence-electron chi connectivity index (χ4n) is 2.71. The van der Waals surface area contributed by atoms with Crippen molar-refractivity contribution >= 4 is 15.9 Å². The van der Waals surface area contributed by atoms with E-state index in [-0.39, 0.29) is 23.5 Å². The van der Waals surface area contributed by atoms with Gasteiger partial charge in [0.05, 0.1) is 19.1 Å². The number of carbonyl (C=O) groups is 1. The first kappa shape index (κ1) is 24.5. The zero-order valence-corrected chi connectivity index (χ0v) is 19.1. The number of methoxy groups -OCH3 is 2. The summed E-state index contributed by atoms with van der Waals surface area (Å²) in [7, 11) is -0.417. The van der Waals surface area contributed by atoms with Crippen molar-refractivity contribution in [3.05, 3.63) is 48.0 Å². The molecule has 0 aliphatic carbocycles. The molecule has 0 aliphatic rings. The highest BCUT2D eigenvalue weighted by Crippen LogP contribution is 2.27. The second kappa shape index (κ2) is 11.6. The van der Waals surface area contributed by atoms with E-state index in [4.69, 9.17) is 14.2 Å². The number of benzene rings is 2. The van der Waals surface area contributed by atoms with E-state index in [2.05, 4.69) is 10.0 Å². The van der Waals surface area contributed by atoms with E-state index in [0.29, 0.717) is 36.6 Å². The van der Waals surface area contributed by atoms with Crippen molar-refractivity contribution in [3.8, 4) is 17.2 Å². The first-order chi connectivity index (χ1) is 14.8. The first-order valence-corrected chi connectivity index (χ1v) is 11.5. The average molecular weight is 451 g/mol. The Labute approximate surface area is 184 Å². The van der Waals surface area contributed by atoms with E-state index in [0.717, 1.165) is 5.56 Å². The highest BCUT2D eigenvalue weighted by atomic mass is 32.2. The van der Waals surface area contributed by atoms with Crippen LogP contribution in [0.2, 0.25) is 0 Å². The van der Waals surface area contributed by atoms with Gasteiger partial charge in [-0.05, 0) is 61.7 Å². The lowest BCUT2D eigenvalue weighted by molar-refractivity contribution is -0.123. The van der Waals surface area contributed by atoms with Crippen molar-refractivity contribution in [3.63, 3.8) is 0 Å². The minimum absolute atomic E-state index is 0.149. The molecular formula is C22H30N2O6S. The quantitative estimate of drug-likeness (QED) is 0.515. The van der Waals surface area contributed by atoms with E-state index in [1.807, 2.05) is 25.1 Å². The molecule has 2 aromatic rings. The molecule has 2 aromatic carbocycles. The number of ether oxygens (including phenoxy) is 3. The Morgan fingerprint density at radius 2 is 1.71 bits per heavy atom. The Hall–Kier alpha value is -2.78. The van der Waals surface area contributed by atoms with E-state index in [9.17, 15) is 13.2 Å². The van der Waals surface area contributed by atoms with Crippen LogP contribution in [0.25, 0.3) is 0 Å². The summed E-state index contributed by atoms with van der Waals surface area (Å²) in [4.78, 5) is 12.2. The summed E-state index contributed by atoms with van der Waals surface area (Å²) in [5, 5.41) is 2.79. The number of sulfonamides is 1. The number of carbonyl (C=O) groups excluding carboxylic acids is 1. The molecule has 2 N–H and O–H groups in total. The smallest absolute Gasteiger partial charge is 0.257 e. The number of amides is 1. The number of nitrogens with one attached hydrogen (secondary N) is 2. The fraction of sp³-hybridized carbons (Fsp3) is 0.409. The molecule has 0 aliphatic heterocycles. The predicted molar refractivity (Wildman–Crippen MR) is 118 cm³/mol. The van der Waals surface area contributed by atoms with Gasteiger partial charge >= 0.3 is 0 Å². The van der Waals surface area contributed by atoms with E-state index < -0.39 is 10.0 Å². The van der Waals surface area contributed by atoms with E-state index in [1.54, 1.807) is 21.1 Å². The van der Waals surface area contributed by atoms with Crippen LogP contribution in [-0.2, 0) is 21.2 Å². The van der Waals surface area contributed by atoms with E-state index >= 15 is 0 Å². The zero-order chi connectivity index (χ0) is 22.9. The highest BCUT2D eigenvalue weighted by molar-refractivity contribution is 7.89. The van der Waals surface area contributed by atoms with Gasteiger partial charge in [-0.2, -0.15) is 0 Å². The molecule has 170 valence electrons. The lowest BCUT2D eigenvalue weighted by atomic mass is 10.1. The van der Waals surface area contributed by atoms with Gasteiger partial charge in [-0.25, -0.2) is 13.1 Å². The van der Waals surface area contributed by atoms with Gasteiger partial charge in [-0.3, -0.25) is 4.79 Å². The van der Waals surface area contributed by atoms with Crippen molar-refractivity contribution < 1.29 is 27.4 Å². The summed E-state index contributed by atoms with van der Waals surface area (Å²) < 4.78 is 43.0. The van der Waals surface area contributed by atoms with Gasteiger partial charge in [0.1, 0.15) is 5.75 Å². The Morgan fingerprint density at radius 1 is 1.03 bits per heavy atom. The molecule has 0 heterocycles. The molecule has 0 aromatic heterocycles. The second-order valence-electron chi connectivity index (χ2n) is 6.98. The Bertz CT molecular complexity index is 960. The molecular weight excluding hydrogens is 420 g/mol. The van der Waals surface area contributed by atoms with Crippen molar-refractivity contribution in [2.75, 3.05) is 27.4 Å². The molecule has 0 radical (unpaired) electrons. The molecule has 9 heteroatoms. The summed E-state index contributed by atoms with van der Waals surface area (Å²) >= 11 is 0. The zero-order valence-electron chi connectivity index (χ0n) is 18.3. The van der Waals surface area contributed by atoms with Crippen LogP contribution in [0.4, 0.5) is 0 Å². The minimum Gasteiger partial charge on any atom is -0.493 e. The van der Waals surface area contributed by atoms with Crippen LogP contribution in [-0.4, -0.2) is 47.7 Å². The van der Waals surface area contributed by atoms with Gasteiger partial charge in [0.15, 0.2) is 18.1 Å². The standard InChI is InChI=1S/C22H30N2O6S/c1-5-16(2)24-31(26,27)19-9-7-18(8-10-19)30-15-22(25)23-13-12-17-6-11-20(28-3)21(14-17)29-4/h6-11,14,16,24H,5,12-13,15H2,1-4H3,(H,23,25)/t16-/m0/s1. The molecule has 0 fully saturated rings. The van der Waals surface area contributed by atoms with Gasteiger partial charge in [-0.15, -0.1) is 0 Å². The molecule has 0 saturated heterocycles. The summed E-state index contributed by atoms with van der Waals surface area (Å²) in [6.07, 6.45) is 1.32. The molecule has 0 unspecified atom stereocenters. The topological polar surface area (TPSA) is 103 Å². The van der Waals surface area contributed by atoms with Crippen LogP contribution in [0.5, 0.6) is 17.2 Å². The molecule has 31 heavy (non-hydrogen) atoms. The minimum atomic E-state index is -3.57. The molecule has 0 spiro atoms. The Morgan fingerprint density at radius 3 is 2.32 bits per heavy atom. The largest absolute Gasteiger partial charge is 0.493 e. The lowest BCUT2D eigenvalue weighted by Gasteiger charge is -2.13. The number of rotatable bonds is 12. The van der Waals surface area contributed by atoms with Crippen molar-refractivity contribution in [2.24, 2.45) is 0 Å². The number of hydrogen-bond acceptors (Lipinski definition) is 6. The summed E-state index contributed by atoms with van der Waals surface area (Å²) in [6.45, 7) is 3.99. The third-order valence-electron chi connectivity index (χ3n) is 4.66. The number of hydrogen-bond donors (Lipinski definition) is 2. The Balaban J connectivity index is 1.80. The van der Waals surface area contributed by atoms with Crippen molar-refractivity contribution in [1.29, 1.82) is 0 Å². The highest BCUT2D eigenvalue weighted by Gasteiger charge is 2.16. The fourth-order valence-corrected chi connectivity index (χ4v) is 4.04. The molecule has 0 bridgehead atoms. The van der Waals surface area contributed by atoms with Crippen LogP contribution >= 0.6 is 0 Å². The van der Waals surface area contributed by atoms with Crippen LogP contribution in [0.1, 0.15) is 25.8 Å². The Kier molecular flexibility index (Phi) is 9.14. The van der Waals surface area contributed by atoms with Crippen LogP contribution in [0, 0.1) is 0 Å². The maximum absolute atomic E-state index is 12.3. The van der Waals surface area contributed by atoms with Crippen molar-refractivity contribution in [1.82, 2.24) is 10.0 Å². The maximum Gasteiger partial charge on any atom is 0.257 e. The van der Waals surface area contributed by atoms with Gasteiger partial charge in [-0.1, -0.05) is 13.0 Å². The SMILES string of the molecule is CC[C@H](C)NS(=O)(=O)c1ccc(OCC(=O)NCCc2ccc(OC)c(OC)c2)cc1. The molecule has 0 saturated carbocycles. The van der Waals surface area contributed by atoms with Crippen LogP contribution < -0.4 is 24.2 Å². The molecule has 8 nitrogen and oxygen atoms in total. The van der Waals surface area contributed by atoms with Gasteiger partial charge in [0.2, 0.25) is 10.0 Å². The van der Waals surface area contributed by atoms with Crippen LogP contribution in [0.15, 0.2) is 47.4 Å². The lowest BCUT2D eigenvalue weighted by Crippen LogP contribution is -2.32. The monoisotopic (exact) mass is 450 g/mol. The maximum atomic E-state index is 12.3. The van der Waals surface area contributed by atoms with Gasteiger partial charge < -0.3 is 19.5 Å².